The van der Waals surface area contributed by atoms with Gasteiger partial charge in [0.1, 0.15) is 17.4 Å². The Bertz CT molecular complexity index is 2420. The van der Waals surface area contributed by atoms with E-state index in [0.29, 0.717) is 58.8 Å². The molecule has 5 heterocycles. The third-order valence-electron chi connectivity index (χ3n) is 12.0. The van der Waals surface area contributed by atoms with Crippen molar-refractivity contribution >= 4 is 56.5 Å². The van der Waals surface area contributed by atoms with Gasteiger partial charge in [0, 0.05) is 57.6 Å². The van der Waals surface area contributed by atoms with Crippen molar-refractivity contribution in [3.8, 4) is 5.75 Å². The minimum atomic E-state index is -1.78. The highest BCUT2D eigenvalue weighted by Gasteiger charge is 2.51. The van der Waals surface area contributed by atoms with E-state index in [2.05, 4.69) is 25.5 Å². The molecule has 1 saturated carbocycles. The number of aromatic amines is 1. The van der Waals surface area contributed by atoms with E-state index in [1.54, 1.807) is 29.2 Å². The van der Waals surface area contributed by atoms with Crippen molar-refractivity contribution in [2.24, 2.45) is 5.41 Å². The molecule has 0 bridgehead atoms. The number of benzene rings is 2. The Kier molecular flexibility index (Phi) is 12.0. The fourth-order valence-electron chi connectivity index (χ4n) is 8.51. The van der Waals surface area contributed by atoms with Crippen LogP contribution in [0.2, 0.25) is 0 Å². The van der Waals surface area contributed by atoms with Crippen molar-refractivity contribution in [3.05, 3.63) is 109 Å². The average Bonchev–Trinajstić information content (AvgIpc) is 4.04. The second-order valence-corrected chi connectivity index (χ2v) is 17.8. The van der Waals surface area contributed by atoms with E-state index in [1.165, 1.54) is 34.8 Å². The fraction of sp³-hybridized carbons (Fsp3) is 0.419. The van der Waals surface area contributed by atoms with E-state index >= 15 is 0 Å². The summed E-state index contributed by atoms with van der Waals surface area (Å²) in [5.41, 5.74) is 1.60. The zero-order valence-electron chi connectivity index (χ0n) is 32.9. The monoisotopic (exact) mass is 839 g/mol. The van der Waals surface area contributed by atoms with E-state index < -0.39 is 17.7 Å². The number of aliphatic hydroxyl groups is 2. The number of nitrogens with zero attached hydrogens (tertiary/aromatic N) is 5. The number of ether oxygens (including phenoxy) is 1. The number of phenols is 1. The molecular weight excluding hydrogens is 791 g/mol. The van der Waals surface area contributed by atoms with Crippen LogP contribution in [0.15, 0.2) is 82.3 Å². The number of aromatic hydroxyl groups is 1. The number of nitrogens with one attached hydrogen (secondary N) is 2. The third-order valence-corrected chi connectivity index (χ3v) is 14.0. The molecule has 1 aliphatic carbocycles. The number of hydrogen-bond acceptors (Lipinski definition) is 13. The van der Waals surface area contributed by atoms with Gasteiger partial charge in [-0.15, -0.1) is 27.8 Å². The van der Waals surface area contributed by atoms with Gasteiger partial charge < -0.3 is 40.2 Å². The van der Waals surface area contributed by atoms with Crippen molar-refractivity contribution in [1.29, 1.82) is 0 Å². The molecule has 2 aromatic carbocycles. The lowest BCUT2D eigenvalue weighted by Gasteiger charge is -2.51. The molecule has 0 radical (unpaired) electrons. The van der Waals surface area contributed by atoms with Gasteiger partial charge in [0.25, 0.3) is 0 Å². The summed E-state index contributed by atoms with van der Waals surface area (Å²) >= 11 is 2.69. The molecule has 1 aliphatic heterocycles. The van der Waals surface area contributed by atoms with Crippen molar-refractivity contribution < 1.29 is 29.6 Å². The largest absolute Gasteiger partial charge is 0.506 e. The number of esters is 1. The van der Waals surface area contributed by atoms with Gasteiger partial charge in [0.15, 0.2) is 0 Å². The standard InChI is InChI=1S/C43H49N7O7S2/c1-48(39(54)13-18-49-19-14-42(15-20-49)24-29(25-42)57-41(55)43(56,36-5-2-21-58-36)37-6-3-22-59-37)16-4-17-50-33-10-7-28(23-32(33)46-47-50)26-44-27-35(52)30-8-11-34(51)40-31(30)9-12-38(53)45-40/h2-3,5-12,21-23,29,35,44,51-52,56H,4,13-20,24-27H2,1H3,(H,45,53). The minimum absolute atomic E-state index is 0.0495. The summed E-state index contributed by atoms with van der Waals surface area (Å²) in [6, 6.07) is 19.3. The Morgan fingerprint density at radius 3 is 2.51 bits per heavy atom. The second-order valence-electron chi connectivity index (χ2n) is 15.9. The lowest BCUT2D eigenvalue weighted by molar-refractivity contribution is -0.181. The molecule has 2 aliphatic rings. The van der Waals surface area contributed by atoms with Crippen molar-refractivity contribution in [2.45, 2.75) is 69.4 Å². The summed E-state index contributed by atoms with van der Waals surface area (Å²) < 4.78 is 7.78. The van der Waals surface area contributed by atoms with Gasteiger partial charge in [0.05, 0.1) is 26.9 Å². The molecule has 1 amide bonds. The molecular formula is C43H49N7O7S2. The van der Waals surface area contributed by atoms with Crippen molar-refractivity contribution in [1.82, 2.24) is 35.1 Å². The summed E-state index contributed by atoms with van der Waals surface area (Å²) in [5.74, 6) is -0.537. The maximum absolute atomic E-state index is 13.4. The highest BCUT2D eigenvalue weighted by Crippen LogP contribution is 2.51. The van der Waals surface area contributed by atoms with Gasteiger partial charge in [-0.05, 0) is 109 Å². The number of aryl methyl sites for hydroxylation is 1. The molecule has 1 spiro atoms. The molecule has 310 valence electrons. The molecule has 14 nitrogen and oxygen atoms in total. The van der Waals surface area contributed by atoms with E-state index in [1.807, 2.05) is 52.8 Å². The van der Waals surface area contributed by atoms with Crippen LogP contribution in [0.3, 0.4) is 0 Å². The van der Waals surface area contributed by atoms with Crippen molar-refractivity contribution in [3.63, 3.8) is 0 Å². The van der Waals surface area contributed by atoms with Crippen LogP contribution in [0.4, 0.5) is 0 Å². The molecule has 1 unspecified atom stereocenters. The summed E-state index contributed by atoms with van der Waals surface area (Å²) in [7, 11) is 1.85. The Morgan fingerprint density at radius 2 is 1.80 bits per heavy atom. The lowest BCUT2D eigenvalue weighted by atomic mass is 9.61. The van der Waals surface area contributed by atoms with E-state index in [4.69, 9.17) is 4.74 Å². The van der Waals surface area contributed by atoms with Crippen LogP contribution in [0.1, 0.15) is 65.5 Å². The topological polar surface area (TPSA) is 186 Å². The van der Waals surface area contributed by atoms with E-state index in [0.717, 1.165) is 61.8 Å². The van der Waals surface area contributed by atoms with Crippen molar-refractivity contribution in [2.75, 3.05) is 39.8 Å². The summed E-state index contributed by atoms with van der Waals surface area (Å²) in [5, 5.41) is 48.9. The molecule has 16 heteroatoms. The predicted octanol–water partition coefficient (Wildman–Crippen LogP) is 4.89. The number of rotatable bonds is 16. The maximum Gasteiger partial charge on any atom is 0.349 e. The number of amides is 1. The SMILES string of the molecule is CN(CCCn1nnc2cc(CNCC(O)c3ccc(O)c4[nH]c(=O)ccc34)ccc21)C(=O)CCN1CCC2(CC1)CC(OC(=O)C(O)(c1cccs1)c1cccs1)C2. The van der Waals surface area contributed by atoms with Gasteiger partial charge in [0.2, 0.25) is 17.1 Å². The lowest BCUT2D eigenvalue weighted by Crippen LogP contribution is -2.52. The molecule has 1 saturated heterocycles. The average molecular weight is 840 g/mol. The number of fused-ring (bicyclic) bond motifs is 2. The number of H-pyrrole nitrogens is 1. The molecule has 6 aromatic rings. The van der Waals surface area contributed by atoms with Gasteiger partial charge >= 0.3 is 5.97 Å². The third kappa shape index (κ3) is 8.69. The fourth-order valence-corrected chi connectivity index (χ4v) is 10.2. The highest BCUT2D eigenvalue weighted by molar-refractivity contribution is 7.12. The first-order valence-corrected chi connectivity index (χ1v) is 21.8. The summed E-state index contributed by atoms with van der Waals surface area (Å²) in [6.45, 7) is 4.51. The zero-order chi connectivity index (χ0) is 41.1. The number of phenolic OH excluding ortho intramolecular Hbond substituents is 1. The van der Waals surface area contributed by atoms with Gasteiger partial charge in [-0.25, -0.2) is 9.48 Å². The Morgan fingerprint density at radius 1 is 1.05 bits per heavy atom. The first kappa shape index (κ1) is 40.8. The molecule has 8 rings (SSSR count). The van der Waals surface area contributed by atoms with Crippen LogP contribution in [-0.4, -0.2) is 103 Å². The van der Waals surface area contributed by atoms with Crippen LogP contribution in [-0.2, 0) is 33.0 Å². The Hall–Kier alpha value is -4.97. The number of piperidine rings is 1. The molecule has 4 aromatic heterocycles. The van der Waals surface area contributed by atoms with Gasteiger partial charge in [-0.2, -0.15) is 0 Å². The maximum atomic E-state index is 13.4. The van der Waals surface area contributed by atoms with Crippen LogP contribution in [0.5, 0.6) is 5.75 Å². The number of hydrogen-bond donors (Lipinski definition) is 5. The van der Waals surface area contributed by atoms with Gasteiger partial charge in [-0.3, -0.25) is 9.59 Å². The van der Waals surface area contributed by atoms with Gasteiger partial charge in [-0.1, -0.05) is 29.5 Å². The zero-order valence-corrected chi connectivity index (χ0v) is 34.5. The van der Waals surface area contributed by atoms with Crippen LogP contribution >= 0.6 is 22.7 Å². The Labute approximate surface area is 349 Å². The number of likely N-dealkylation sites (tertiary alicyclic amines) is 1. The van der Waals surface area contributed by atoms with Crippen LogP contribution < -0.4 is 10.9 Å². The number of aliphatic hydroxyl groups excluding tert-OH is 1. The minimum Gasteiger partial charge on any atom is -0.506 e. The first-order chi connectivity index (χ1) is 28.5. The van der Waals surface area contributed by atoms with E-state index in [9.17, 15) is 29.7 Å². The molecule has 1 atom stereocenters. The summed E-state index contributed by atoms with van der Waals surface area (Å²) in [4.78, 5) is 46.1. The molecule has 5 N–H and O–H groups in total. The quantitative estimate of drug-likeness (QED) is 0.0837. The smallest absolute Gasteiger partial charge is 0.349 e. The molecule has 2 fully saturated rings. The predicted molar refractivity (Wildman–Crippen MR) is 226 cm³/mol. The number of thiophene rings is 2. The second kappa shape index (κ2) is 17.3. The first-order valence-electron chi connectivity index (χ1n) is 20.0. The number of carbonyl (C=O) groups excluding carboxylic acids is 2. The summed E-state index contributed by atoms with van der Waals surface area (Å²) in [6.07, 6.45) is 3.74. The van der Waals surface area contributed by atoms with Crippen LogP contribution in [0, 0.1) is 5.41 Å². The number of pyridine rings is 1. The Balaban J connectivity index is 0.732. The number of carbonyl (C=O) groups is 2. The number of aromatic nitrogens is 4. The van der Waals surface area contributed by atoms with E-state index in [-0.39, 0.29) is 35.3 Å². The normalized spacial score (nSPS) is 16.4. The highest BCUT2D eigenvalue weighted by atomic mass is 32.1. The van der Waals surface area contributed by atoms with Crippen LogP contribution in [0.25, 0.3) is 21.9 Å². The molecule has 59 heavy (non-hydrogen) atoms.